The lowest BCUT2D eigenvalue weighted by Gasteiger charge is -2.07. The third kappa shape index (κ3) is 6.06. The van der Waals surface area contributed by atoms with Gasteiger partial charge in [-0.1, -0.05) is 0 Å². The first-order valence-electron chi connectivity index (χ1n) is 4.49. The number of carbonyl (C=O) groups excluding carboxylic acids is 1. The van der Waals surface area contributed by atoms with Crippen LogP contribution in [-0.2, 0) is 24.9 Å². The number of rotatable bonds is 7. The van der Waals surface area contributed by atoms with Crippen LogP contribution in [0.2, 0.25) is 0 Å². The van der Waals surface area contributed by atoms with Crippen molar-refractivity contribution >= 4 is 17.0 Å². The first kappa shape index (κ1) is 13.5. The zero-order valence-electron chi connectivity index (χ0n) is 8.39. The maximum atomic E-state index is 10.9. The van der Waals surface area contributed by atoms with Crippen molar-refractivity contribution in [3.05, 3.63) is 0 Å². The molecule has 0 radical (unpaired) electrons. The van der Waals surface area contributed by atoms with E-state index in [1.807, 2.05) is 0 Å². The van der Waals surface area contributed by atoms with Gasteiger partial charge in [-0.25, -0.2) is 9.47 Å². The van der Waals surface area contributed by atoms with Gasteiger partial charge in [0.15, 0.2) is 11.1 Å². The molecule has 0 spiro atoms. The average molecular weight is 224 g/mol. The second-order valence-corrected chi connectivity index (χ2v) is 4.32. The van der Waals surface area contributed by atoms with Crippen LogP contribution in [0.3, 0.4) is 0 Å². The Balaban J connectivity index is 3.53. The van der Waals surface area contributed by atoms with Gasteiger partial charge < -0.3 is 4.74 Å². The monoisotopic (exact) mass is 224 g/mol. The minimum absolute atomic E-state index is 0.254. The zero-order valence-corrected chi connectivity index (χ0v) is 9.21. The van der Waals surface area contributed by atoms with Crippen molar-refractivity contribution in [2.75, 3.05) is 6.61 Å². The quantitative estimate of drug-likeness (QED) is 0.400. The number of esters is 1. The van der Waals surface area contributed by atoms with Gasteiger partial charge in [0.25, 0.3) is 0 Å². The summed E-state index contributed by atoms with van der Waals surface area (Å²) in [6, 6.07) is 0. The highest BCUT2D eigenvalue weighted by atomic mass is 32.2. The van der Waals surface area contributed by atoms with Gasteiger partial charge in [-0.05, 0) is 26.7 Å². The van der Waals surface area contributed by atoms with E-state index in [-0.39, 0.29) is 11.2 Å². The fraction of sp³-hybridized carbons (Fsp3) is 0.875. The molecule has 0 aliphatic carbocycles. The van der Waals surface area contributed by atoms with Gasteiger partial charge in [-0.15, -0.1) is 4.33 Å². The SMILES string of the molecule is CCOC(=O)CCCC(C)S(=O)OO. The van der Waals surface area contributed by atoms with E-state index in [9.17, 15) is 9.00 Å². The molecule has 0 aliphatic rings. The standard InChI is InChI=1S/C8H16O5S/c1-3-12-8(9)6-4-5-7(2)14(11)13-10/h7,10H,3-6H2,1-2H3. The minimum atomic E-state index is -1.69. The molecule has 0 aromatic rings. The van der Waals surface area contributed by atoms with E-state index in [0.717, 1.165) is 0 Å². The Morgan fingerprint density at radius 2 is 2.21 bits per heavy atom. The van der Waals surface area contributed by atoms with Gasteiger partial charge in [-0.3, -0.25) is 4.79 Å². The van der Waals surface area contributed by atoms with Crippen molar-refractivity contribution in [1.29, 1.82) is 0 Å². The van der Waals surface area contributed by atoms with Crippen molar-refractivity contribution in [2.45, 2.75) is 38.4 Å². The predicted octanol–water partition coefficient (Wildman–Crippen LogP) is 1.26. The molecule has 0 fully saturated rings. The third-order valence-corrected chi connectivity index (χ3v) is 2.74. The van der Waals surface area contributed by atoms with E-state index in [1.54, 1.807) is 13.8 Å². The summed E-state index contributed by atoms with van der Waals surface area (Å²) < 4.78 is 19.2. The Bertz CT molecular complexity index is 194. The molecule has 5 nitrogen and oxygen atoms in total. The lowest BCUT2D eigenvalue weighted by atomic mass is 10.2. The molecule has 0 aliphatic heterocycles. The highest BCUT2D eigenvalue weighted by Gasteiger charge is 2.12. The highest BCUT2D eigenvalue weighted by molar-refractivity contribution is 7.80. The summed E-state index contributed by atoms with van der Waals surface area (Å²) in [5.74, 6) is -0.254. The topological polar surface area (TPSA) is 72.8 Å². The summed E-state index contributed by atoms with van der Waals surface area (Å²) in [6.07, 6.45) is 1.43. The normalized spacial score (nSPS) is 14.8. The number of carbonyl (C=O) groups is 1. The van der Waals surface area contributed by atoms with Gasteiger partial charge in [0.2, 0.25) is 0 Å². The largest absolute Gasteiger partial charge is 0.466 e. The van der Waals surface area contributed by atoms with Crippen molar-refractivity contribution in [3.8, 4) is 0 Å². The molecule has 0 rings (SSSR count). The Hall–Kier alpha value is -0.460. The highest BCUT2D eigenvalue weighted by Crippen LogP contribution is 2.07. The molecule has 14 heavy (non-hydrogen) atoms. The summed E-state index contributed by atoms with van der Waals surface area (Å²) >= 11 is -1.69. The van der Waals surface area contributed by atoms with E-state index >= 15 is 0 Å². The van der Waals surface area contributed by atoms with Crippen LogP contribution in [0.5, 0.6) is 0 Å². The predicted molar refractivity (Wildman–Crippen MR) is 51.8 cm³/mol. The van der Waals surface area contributed by atoms with Crippen LogP contribution in [-0.4, -0.2) is 27.3 Å². The van der Waals surface area contributed by atoms with E-state index in [4.69, 9.17) is 9.99 Å². The van der Waals surface area contributed by atoms with Crippen molar-refractivity contribution in [1.82, 2.24) is 0 Å². The molecule has 1 N–H and O–H groups in total. The molecule has 0 heterocycles. The molecule has 0 saturated heterocycles. The Morgan fingerprint density at radius 1 is 1.57 bits per heavy atom. The Kier molecular flexibility index (Phi) is 7.64. The molecular weight excluding hydrogens is 208 g/mol. The van der Waals surface area contributed by atoms with Crippen LogP contribution in [0.25, 0.3) is 0 Å². The molecule has 84 valence electrons. The van der Waals surface area contributed by atoms with Crippen molar-refractivity contribution in [3.63, 3.8) is 0 Å². The molecule has 6 heteroatoms. The second kappa shape index (κ2) is 7.90. The summed E-state index contributed by atoms with van der Waals surface area (Å²) in [6.45, 7) is 3.80. The number of hydrogen-bond acceptors (Lipinski definition) is 5. The summed E-state index contributed by atoms with van der Waals surface area (Å²) in [5.41, 5.74) is 0. The van der Waals surface area contributed by atoms with Crippen LogP contribution in [0.4, 0.5) is 0 Å². The second-order valence-electron chi connectivity index (χ2n) is 2.84. The molecular formula is C8H16O5S. The molecule has 0 bridgehead atoms. The Labute approximate surface area is 86.0 Å². The minimum Gasteiger partial charge on any atom is -0.466 e. The van der Waals surface area contributed by atoms with E-state index in [0.29, 0.717) is 25.9 Å². The van der Waals surface area contributed by atoms with E-state index < -0.39 is 11.1 Å². The van der Waals surface area contributed by atoms with Crippen molar-refractivity contribution in [2.24, 2.45) is 0 Å². The van der Waals surface area contributed by atoms with Gasteiger partial charge in [-0.2, -0.15) is 0 Å². The first-order valence-corrected chi connectivity index (χ1v) is 5.63. The molecule has 0 saturated carbocycles. The van der Waals surface area contributed by atoms with Crippen LogP contribution < -0.4 is 0 Å². The van der Waals surface area contributed by atoms with Crippen LogP contribution in [0.15, 0.2) is 0 Å². The maximum Gasteiger partial charge on any atom is 0.305 e. The molecule has 0 amide bonds. The van der Waals surface area contributed by atoms with Crippen LogP contribution >= 0.6 is 0 Å². The number of hydrogen-bond donors (Lipinski definition) is 1. The fourth-order valence-corrected chi connectivity index (χ4v) is 1.44. The van der Waals surface area contributed by atoms with Crippen LogP contribution in [0.1, 0.15) is 33.1 Å². The third-order valence-electron chi connectivity index (χ3n) is 1.70. The van der Waals surface area contributed by atoms with Gasteiger partial charge in [0.05, 0.1) is 11.9 Å². The molecule has 0 aromatic heterocycles. The van der Waals surface area contributed by atoms with Gasteiger partial charge in [0, 0.05) is 6.42 Å². The van der Waals surface area contributed by atoms with Crippen LogP contribution in [0, 0.1) is 0 Å². The first-order chi connectivity index (χ1) is 6.61. The lowest BCUT2D eigenvalue weighted by Crippen LogP contribution is -2.13. The van der Waals surface area contributed by atoms with Crippen molar-refractivity contribution < 1.29 is 23.3 Å². The van der Waals surface area contributed by atoms with E-state index in [2.05, 4.69) is 4.33 Å². The molecule has 2 atom stereocenters. The van der Waals surface area contributed by atoms with Gasteiger partial charge in [0.1, 0.15) is 0 Å². The zero-order chi connectivity index (χ0) is 11.0. The molecule has 0 aromatic carbocycles. The average Bonchev–Trinajstić information content (AvgIpc) is 2.16. The summed E-state index contributed by atoms with van der Waals surface area (Å²) in [5, 5.41) is 7.82. The maximum absolute atomic E-state index is 10.9. The smallest absolute Gasteiger partial charge is 0.305 e. The lowest BCUT2D eigenvalue weighted by molar-refractivity contribution is -0.143. The summed E-state index contributed by atoms with van der Waals surface area (Å²) in [7, 11) is 0. The fourth-order valence-electron chi connectivity index (χ4n) is 0.937. The Morgan fingerprint density at radius 3 is 2.71 bits per heavy atom. The number of ether oxygens (including phenoxy) is 1. The van der Waals surface area contributed by atoms with Gasteiger partial charge >= 0.3 is 5.97 Å². The molecule has 2 unspecified atom stereocenters. The summed E-state index contributed by atoms with van der Waals surface area (Å²) in [4.78, 5) is 10.9. The van der Waals surface area contributed by atoms with E-state index in [1.165, 1.54) is 0 Å².